The summed E-state index contributed by atoms with van der Waals surface area (Å²) >= 11 is 0. The van der Waals surface area contributed by atoms with Gasteiger partial charge in [0, 0.05) is 18.8 Å². The van der Waals surface area contributed by atoms with E-state index in [2.05, 4.69) is 10.6 Å². The molecule has 1 saturated heterocycles. The van der Waals surface area contributed by atoms with Gasteiger partial charge < -0.3 is 10.6 Å². The smallest absolute Gasteiger partial charge is 0.313 e. The number of hydrogen-bond acceptors (Lipinski definition) is 4. The molecule has 124 valence electrons. The molecule has 0 spiro atoms. The van der Waals surface area contributed by atoms with Crippen molar-refractivity contribution in [2.24, 2.45) is 5.92 Å². The number of carbonyl (C=O) groups is 2. The molecule has 7 nitrogen and oxygen atoms in total. The van der Waals surface area contributed by atoms with Gasteiger partial charge >= 0.3 is 11.8 Å². The van der Waals surface area contributed by atoms with E-state index in [0.29, 0.717) is 36.8 Å². The van der Waals surface area contributed by atoms with Gasteiger partial charge in [-0.2, -0.15) is 0 Å². The Labute approximate surface area is 135 Å². The molecule has 1 heterocycles. The Bertz CT molecular complexity index is 728. The van der Waals surface area contributed by atoms with Crippen LogP contribution in [0.2, 0.25) is 0 Å². The quantitative estimate of drug-likeness (QED) is 0.790. The third kappa shape index (κ3) is 3.82. The third-order valence-corrected chi connectivity index (χ3v) is 5.82. The molecule has 1 aliphatic heterocycles. The highest BCUT2D eigenvalue weighted by Gasteiger charge is 2.28. The lowest BCUT2D eigenvalue weighted by Crippen LogP contribution is -2.36. The molecule has 23 heavy (non-hydrogen) atoms. The Balaban J connectivity index is 1.65. The van der Waals surface area contributed by atoms with Crippen LogP contribution in [0.15, 0.2) is 24.3 Å². The van der Waals surface area contributed by atoms with E-state index in [4.69, 9.17) is 0 Å². The summed E-state index contributed by atoms with van der Waals surface area (Å²) in [5, 5.41) is 5.09. The van der Waals surface area contributed by atoms with E-state index in [0.717, 1.165) is 12.8 Å². The average molecular weight is 337 g/mol. The van der Waals surface area contributed by atoms with Gasteiger partial charge in [-0.1, -0.05) is 6.07 Å². The molecule has 1 aliphatic carbocycles. The van der Waals surface area contributed by atoms with Gasteiger partial charge in [0.05, 0.1) is 11.4 Å². The van der Waals surface area contributed by atoms with Crippen LogP contribution in [0.4, 0.5) is 11.4 Å². The second kappa shape index (κ2) is 6.19. The third-order valence-electron chi connectivity index (χ3n) is 3.95. The molecular formula is C15H19N3O4S. The maximum absolute atomic E-state index is 11.9. The van der Waals surface area contributed by atoms with E-state index in [1.54, 1.807) is 24.3 Å². The van der Waals surface area contributed by atoms with E-state index < -0.39 is 21.8 Å². The number of rotatable bonds is 4. The van der Waals surface area contributed by atoms with Crippen LogP contribution < -0.4 is 14.9 Å². The normalized spacial score (nSPS) is 19.4. The SMILES string of the molecule is O=C(NCC1CC1)C(=O)Nc1cccc(N2CCCS2(=O)=O)c1. The van der Waals surface area contributed by atoms with Gasteiger partial charge in [0.1, 0.15) is 0 Å². The number of hydrogen-bond donors (Lipinski definition) is 2. The van der Waals surface area contributed by atoms with Crippen LogP contribution in [0.1, 0.15) is 19.3 Å². The number of benzene rings is 1. The number of anilines is 2. The van der Waals surface area contributed by atoms with Gasteiger partial charge in [-0.25, -0.2) is 8.42 Å². The summed E-state index contributed by atoms with van der Waals surface area (Å²) < 4.78 is 25.2. The van der Waals surface area contributed by atoms with E-state index in [9.17, 15) is 18.0 Å². The predicted molar refractivity (Wildman–Crippen MR) is 86.6 cm³/mol. The van der Waals surface area contributed by atoms with Crippen LogP contribution in [0.3, 0.4) is 0 Å². The Hall–Kier alpha value is -2.09. The molecule has 0 unspecified atom stereocenters. The fraction of sp³-hybridized carbons (Fsp3) is 0.467. The minimum Gasteiger partial charge on any atom is -0.348 e. The zero-order chi connectivity index (χ0) is 16.4. The monoisotopic (exact) mass is 337 g/mol. The summed E-state index contributed by atoms with van der Waals surface area (Å²) in [6, 6.07) is 6.51. The summed E-state index contributed by atoms with van der Waals surface area (Å²) in [5.74, 6) is -0.786. The van der Waals surface area contributed by atoms with Gasteiger partial charge in [0.15, 0.2) is 0 Å². The number of amides is 2. The maximum Gasteiger partial charge on any atom is 0.313 e. The van der Waals surface area contributed by atoms with Crippen molar-refractivity contribution in [2.75, 3.05) is 28.5 Å². The van der Waals surface area contributed by atoms with Crippen LogP contribution in [0, 0.1) is 5.92 Å². The lowest BCUT2D eigenvalue weighted by atomic mass is 10.2. The van der Waals surface area contributed by atoms with Crippen molar-refractivity contribution in [2.45, 2.75) is 19.3 Å². The topological polar surface area (TPSA) is 95.6 Å². The van der Waals surface area contributed by atoms with Crippen molar-refractivity contribution >= 4 is 33.2 Å². The molecule has 0 aromatic heterocycles. The standard InChI is InChI=1S/C15H19N3O4S/c19-14(16-10-11-5-6-11)15(20)17-12-3-1-4-13(9-12)18-7-2-8-23(18,21)22/h1,3-4,9,11H,2,5-8,10H2,(H,16,19)(H,17,20). The fourth-order valence-corrected chi connectivity index (χ4v) is 4.05. The zero-order valence-electron chi connectivity index (χ0n) is 12.6. The fourth-order valence-electron chi connectivity index (χ4n) is 2.50. The second-order valence-electron chi connectivity index (χ2n) is 5.90. The largest absolute Gasteiger partial charge is 0.348 e. The highest BCUT2D eigenvalue weighted by Crippen LogP contribution is 2.28. The molecule has 1 saturated carbocycles. The van der Waals surface area contributed by atoms with Crippen molar-refractivity contribution in [1.29, 1.82) is 0 Å². The van der Waals surface area contributed by atoms with Crippen LogP contribution in [0.25, 0.3) is 0 Å². The molecule has 2 aliphatic rings. The number of carbonyl (C=O) groups excluding carboxylic acids is 2. The predicted octanol–water partition coefficient (Wildman–Crippen LogP) is 0.691. The molecule has 0 bridgehead atoms. The zero-order valence-corrected chi connectivity index (χ0v) is 13.4. The number of sulfonamides is 1. The Kier molecular flexibility index (Phi) is 4.25. The Morgan fingerprint density at radius 2 is 2.00 bits per heavy atom. The van der Waals surface area contributed by atoms with Crippen molar-refractivity contribution in [3.63, 3.8) is 0 Å². The van der Waals surface area contributed by atoms with Gasteiger partial charge in [-0.3, -0.25) is 13.9 Å². The summed E-state index contributed by atoms with van der Waals surface area (Å²) in [7, 11) is -3.27. The molecular weight excluding hydrogens is 318 g/mol. The highest BCUT2D eigenvalue weighted by atomic mass is 32.2. The van der Waals surface area contributed by atoms with Crippen LogP contribution >= 0.6 is 0 Å². The van der Waals surface area contributed by atoms with Gasteiger partial charge in [0.25, 0.3) is 0 Å². The number of nitrogens with zero attached hydrogens (tertiary/aromatic N) is 1. The molecule has 1 aromatic carbocycles. The molecule has 8 heteroatoms. The summed E-state index contributed by atoms with van der Waals surface area (Å²) in [6.07, 6.45) is 2.77. The van der Waals surface area contributed by atoms with E-state index >= 15 is 0 Å². The van der Waals surface area contributed by atoms with Crippen LogP contribution in [0.5, 0.6) is 0 Å². The first-order valence-corrected chi connectivity index (χ1v) is 9.26. The Morgan fingerprint density at radius 1 is 1.22 bits per heavy atom. The average Bonchev–Trinajstić information content (AvgIpc) is 3.27. The van der Waals surface area contributed by atoms with Gasteiger partial charge in [0.2, 0.25) is 10.0 Å². The first kappa shape index (κ1) is 15.8. The molecule has 2 fully saturated rings. The molecule has 1 aromatic rings. The first-order valence-electron chi connectivity index (χ1n) is 7.65. The molecule has 2 N–H and O–H groups in total. The summed E-state index contributed by atoms with van der Waals surface area (Å²) in [4.78, 5) is 23.5. The van der Waals surface area contributed by atoms with Crippen LogP contribution in [-0.4, -0.2) is 39.1 Å². The number of nitrogens with one attached hydrogen (secondary N) is 2. The minimum atomic E-state index is -3.27. The van der Waals surface area contributed by atoms with E-state index in [-0.39, 0.29) is 5.75 Å². The molecule has 2 amide bonds. The van der Waals surface area contributed by atoms with Crippen LogP contribution in [-0.2, 0) is 19.6 Å². The second-order valence-corrected chi connectivity index (χ2v) is 7.91. The summed E-state index contributed by atoms with van der Waals surface area (Å²) in [5.41, 5.74) is 0.898. The maximum atomic E-state index is 11.9. The lowest BCUT2D eigenvalue weighted by Gasteiger charge is -2.17. The van der Waals surface area contributed by atoms with Gasteiger partial charge in [-0.15, -0.1) is 0 Å². The molecule has 0 atom stereocenters. The van der Waals surface area contributed by atoms with E-state index in [1.165, 1.54) is 4.31 Å². The van der Waals surface area contributed by atoms with Gasteiger partial charge in [-0.05, 0) is 43.4 Å². The summed E-state index contributed by atoms with van der Waals surface area (Å²) in [6.45, 7) is 0.958. The highest BCUT2D eigenvalue weighted by molar-refractivity contribution is 7.93. The van der Waals surface area contributed by atoms with Crippen molar-refractivity contribution < 1.29 is 18.0 Å². The van der Waals surface area contributed by atoms with Crippen molar-refractivity contribution in [1.82, 2.24) is 5.32 Å². The Morgan fingerprint density at radius 3 is 2.65 bits per heavy atom. The van der Waals surface area contributed by atoms with E-state index in [1.807, 2.05) is 0 Å². The lowest BCUT2D eigenvalue weighted by molar-refractivity contribution is -0.136. The van der Waals surface area contributed by atoms with Crippen molar-refractivity contribution in [3.8, 4) is 0 Å². The molecule has 3 rings (SSSR count). The first-order chi connectivity index (χ1) is 11.0. The van der Waals surface area contributed by atoms with Crippen molar-refractivity contribution in [3.05, 3.63) is 24.3 Å². The minimum absolute atomic E-state index is 0.132. The molecule has 0 radical (unpaired) electrons.